The third-order valence-corrected chi connectivity index (χ3v) is 8.68. The molecule has 2 aliphatic heterocycles. The third-order valence-electron chi connectivity index (χ3n) is 6.68. The highest BCUT2D eigenvalue weighted by molar-refractivity contribution is 7.86. The van der Waals surface area contributed by atoms with E-state index in [0.29, 0.717) is 38.7 Å². The number of rotatable bonds is 4. The summed E-state index contributed by atoms with van der Waals surface area (Å²) < 4.78 is 35.0. The minimum atomic E-state index is -3.35. The van der Waals surface area contributed by atoms with Gasteiger partial charge >= 0.3 is 0 Å². The Balaban J connectivity index is 1.45. The van der Waals surface area contributed by atoms with Crippen LogP contribution in [0.1, 0.15) is 43.2 Å². The molecule has 1 aliphatic carbocycles. The zero-order chi connectivity index (χ0) is 18.2. The maximum Gasteiger partial charge on any atom is 0.281 e. The zero-order valence-electron chi connectivity index (χ0n) is 15.7. The molecule has 0 saturated carbocycles. The highest BCUT2D eigenvalue weighted by atomic mass is 32.2. The number of hydrogen-bond acceptors (Lipinski definition) is 3. The Labute approximate surface area is 157 Å². The Hall–Kier alpha value is -0.950. The van der Waals surface area contributed by atoms with E-state index < -0.39 is 10.2 Å². The van der Waals surface area contributed by atoms with E-state index >= 15 is 0 Å². The number of ether oxygens (including phenoxy) is 1. The smallest absolute Gasteiger partial charge is 0.281 e. The van der Waals surface area contributed by atoms with Gasteiger partial charge < -0.3 is 4.74 Å². The SMILES string of the molecule is COCC1CCCN(S(=O)(=O)N2CCC3(CCc4ccccc43)CC2)C1. The van der Waals surface area contributed by atoms with Crippen LogP contribution >= 0.6 is 0 Å². The molecule has 1 spiro atoms. The van der Waals surface area contributed by atoms with Crippen LogP contribution in [0, 0.1) is 5.92 Å². The minimum absolute atomic E-state index is 0.198. The summed E-state index contributed by atoms with van der Waals surface area (Å²) in [5.41, 5.74) is 3.13. The summed E-state index contributed by atoms with van der Waals surface area (Å²) >= 11 is 0. The average Bonchev–Trinajstić information content (AvgIpc) is 3.01. The first-order valence-corrected chi connectivity index (χ1v) is 11.3. The Bertz CT molecular complexity index is 739. The monoisotopic (exact) mass is 378 g/mol. The molecule has 1 aromatic carbocycles. The van der Waals surface area contributed by atoms with Crippen molar-refractivity contribution in [3.05, 3.63) is 35.4 Å². The highest BCUT2D eigenvalue weighted by Crippen LogP contribution is 2.46. The van der Waals surface area contributed by atoms with E-state index in [1.165, 1.54) is 17.5 Å². The van der Waals surface area contributed by atoms with E-state index in [1.807, 2.05) is 0 Å². The lowest BCUT2D eigenvalue weighted by Gasteiger charge is -2.42. The van der Waals surface area contributed by atoms with E-state index in [4.69, 9.17) is 4.74 Å². The first kappa shape index (κ1) is 18.4. The second kappa shape index (κ2) is 7.23. The van der Waals surface area contributed by atoms with E-state index in [9.17, 15) is 8.42 Å². The predicted molar refractivity (Wildman–Crippen MR) is 102 cm³/mol. The van der Waals surface area contributed by atoms with Crippen molar-refractivity contribution in [1.82, 2.24) is 8.61 Å². The normalized spacial score (nSPS) is 26.9. The molecule has 0 aromatic heterocycles. The predicted octanol–water partition coefficient (Wildman–Crippen LogP) is 2.57. The van der Waals surface area contributed by atoms with Crippen LogP contribution < -0.4 is 0 Å². The van der Waals surface area contributed by atoms with Crippen molar-refractivity contribution in [3.63, 3.8) is 0 Å². The summed E-state index contributed by atoms with van der Waals surface area (Å²) in [5, 5.41) is 0. The molecule has 2 fully saturated rings. The van der Waals surface area contributed by atoms with Gasteiger partial charge in [-0.15, -0.1) is 0 Å². The number of hydrogen-bond donors (Lipinski definition) is 0. The number of aryl methyl sites for hydroxylation is 1. The van der Waals surface area contributed by atoms with Gasteiger partial charge in [-0.05, 0) is 61.0 Å². The van der Waals surface area contributed by atoms with Crippen LogP contribution in [0.25, 0.3) is 0 Å². The maximum absolute atomic E-state index is 13.2. The van der Waals surface area contributed by atoms with Crippen LogP contribution in [0.5, 0.6) is 0 Å². The van der Waals surface area contributed by atoms with Crippen molar-refractivity contribution in [1.29, 1.82) is 0 Å². The van der Waals surface area contributed by atoms with E-state index in [0.717, 1.165) is 32.1 Å². The average molecular weight is 379 g/mol. The molecule has 0 bridgehead atoms. The first-order chi connectivity index (χ1) is 12.5. The van der Waals surface area contributed by atoms with Gasteiger partial charge in [-0.25, -0.2) is 0 Å². The topological polar surface area (TPSA) is 49.9 Å². The van der Waals surface area contributed by atoms with Crippen LogP contribution in [-0.4, -0.2) is 56.9 Å². The lowest BCUT2D eigenvalue weighted by Crippen LogP contribution is -2.52. The quantitative estimate of drug-likeness (QED) is 0.809. The second-order valence-electron chi connectivity index (χ2n) is 8.17. The number of nitrogens with zero attached hydrogens (tertiary/aromatic N) is 2. The van der Waals surface area contributed by atoms with Crippen molar-refractivity contribution in [2.75, 3.05) is 39.9 Å². The van der Waals surface area contributed by atoms with Gasteiger partial charge in [-0.2, -0.15) is 17.0 Å². The van der Waals surface area contributed by atoms with Gasteiger partial charge in [0.25, 0.3) is 10.2 Å². The van der Waals surface area contributed by atoms with Gasteiger partial charge in [-0.1, -0.05) is 24.3 Å². The van der Waals surface area contributed by atoms with Gasteiger partial charge in [0.2, 0.25) is 0 Å². The molecule has 2 heterocycles. The van der Waals surface area contributed by atoms with Gasteiger partial charge in [0.05, 0.1) is 6.61 Å². The fraction of sp³-hybridized carbons (Fsp3) is 0.700. The molecule has 26 heavy (non-hydrogen) atoms. The maximum atomic E-state index is 13.2. The first-order valence-electron chi connectivity index (χ1n) is 9.88. The van der Waals surface area contributed by atoms with Crippen LogP contribution in [0.15, 0.2) is 24.3 Å². The molecule has 1 atom stereocenters. The zero-order valence-corrected chi connectivity index (χ0v) is 16.5. The number of piperidine rings is 2. The third kappa shape index (κ3) is 3.21. The molecular formula is C20H30N2O3S. The van der Waals surface area contributed by atoms with E-state index in [-0.39, 0.29) is 5.41 Å². The molecule has 5 nitrogen and oxygen atoms in total. The Morgan fingerprint density at radius 2 is 1.88 bits per heavy atom. The summed E-state index contributed by atoms with van der Waals surface area (Å²) in [6.07, 6.45) is 6.17. The van der Waals surface area contributed by atoms with Crippen LogP contribution in [0.3, 0.4) is 0 Å². The molecule has 0 N–H and O–H groups in total. The largest absolute Gasteiger partial charge is 0.384 e. The van der Waals surface area contributed by atoms with Crippen LogP contribution in [0.4, 0.5) is 0 Å². The van der Waals surface area contributed by atoms with Crippen LogP contribution in [0.2, 0.25) is 0 Å². The van der Waals surface area contributed by atoms with E-state index in [1.54, 1.807) is 15.7 Å². The Kier molecular flexibility index (Phi) is 5.12. The van der Waals surface area contributed by atoms with Crippen molar-refractivity contribution in [3.8, 4) is 0 Å². The molecule has 2 saturated heterocycles. The number of fused-ring (bicyclic) bond motifs is 2. The number of benzene rings is 1. The molecule has 6 heteroatoms. The molecule has 144 valence electrons. The summed E-state index contributed by atoms with van der Waals surface area (Å²) in [6.45, 7) is 3.17. The Morgan fingerprint density at radius 1 is 1.12 bits per heavy atom. The van der Waals surface area contributed by atoms with Crippen molar-refractivity contribution < 1.29 is 13.2 Å². The van der Waals surface area contributed by atoms with E-state index in [2.05, 4.69) is 24.3 Å². The van der Waals surface area contributed by atoms with Crippen LogP contribution in [-0.2, 0) is 26.8 Å². The standard InChI is InChI=1S/C20H30N2O3S/c1-25-16-17-5-4-12-22(15-17)26(23,24)21-13-10-20(11-14-21)9-8-18-6-2-3-7-19(18)20/h2-3,6-7,17H,4-5,8-16H2,1H3. The molecule has 1 aromatic rings. The summed E-state index contributed by atoms with van der Waals surface area (Å²) in [4.78, 5) is 0. The highest BCUT2D eigenvalue weighted by Gasteiger charge is 2.44. The molecule has 1 unspecified atom stereocenters. The van der Waals surface area contributed by atoms with Gasteiger partial charge in [0.15, 0.2) is 0 Å². The fourth-order valence-electron chi connectivity index (χ4n) is 5.20. The Morgan fingerprint density at radius 3 is 2.65 bits per heavy atom. The van der Waals surface area contributed by atoms with Gasteiger partial charge in [0, 0.05) is 33.3 Å². The molecular weight excluding hydrogens is 348 g/mol. The number of methoxy groups -OCH3 is 1. The lowest BCUT2D eigenvalue weighted by atomic mass is 9.74. The van der Waals surface area contributed by atoms with Gasteiger partial charge in [-0.3, -0.25) is 0 Å². The molecule has 0 radical (unpaired) electrons. The minimum Gasteiger partial charge on any atom is -0.384 e. The van der Waals surface area contributed by atoms with Crippen molar-refractivity contribution in [2.24, 2.45) is 5.92 Å². The summed E-state index contributed by atoms with van der Waals surface area (Å²) in [7, 11) is -1.66. The molecule has 4 rings (SSSR count). The van der Waals surface area contributed by atoms with Crippen molar-refractivity contribution >= 4 is 10.2 Å². The van der Waals surface area contributed by atoms with Gasteiger partial charge in [0.1, 0.15) is 0 Å². The van der Waals surface area contributed by atoms with Crippen molar-refractivity contribution in [2.45, 2.75) is 43.9 Å². The molecule has 0 amide bonds. The summed E-state index contributed by atoms with van der Waals surface area (Å²) in [6, 6.07) is 8.73. The lowest BCUT2D eigenvalue weighted by molar-refractivity contribution is 0.114. The second-order valence-corrected chi connectivity index (χ2v) is 10.1. The fourth-order valence-corrected chi connectivity index (χ4v) is 6.93. The summed E-state index contributed by atoms with van der Waals surface area (Å²) in [5.74, 6) is 0.321. The molecule has 3 aliphatic rings.